The van der Waals surface area contributed by atoms with E-state index in [4.69, 9.17) is 0 Å². The molecule has 1 unspecified atom stereocenters. The van der Waals surface area contributed by atoms with E-state index in [9.17, 15) is 9.90 Å². The lowest BCUT2D eigenvalue weighted by Gasteiger charge is -2.15. The molecule has 0 bridgehead atoms. The van der Waals surface area contributed by atoms with Crippen LogP contribution in [-0.4, -0.2) is 22.6 Å². The van der Waals surface area contributed by atoms with E-state index >= 15 is 0 Å². The lowest BCUT2D eigenvalue weighted by Crippen LogP contribution is -2.14. The first-order valence-corrected chi connectivity index (χ1v) is 6.48. The molecular weight excluding hydrogens is 240 g/mol. The Morgan fingerprint density at radius 3 is 2.84 bits per heavy atom. The van der Waals surface area contributed by atoms with Gasteiger partial charge in [-0.1, -0.05) is 38.5 Å². The van der Waals surface area contributed by atoms with Crippen molar-refractivity contribution in [2.75, 3.05) is 11.9 Å². The fraction of sp³-hybridized carbons (Fsp3) is 0.333. The van der Waals surface area contributed by atoms with Gasteiger partial charge < -0.3 is 10.4 Å². The number of hydrogen-bond donors (Lipinski definition) is 2. The molecule has 1 aromatic carbocycles. The zero-order valence-electron chi connectivity index (χ0n) is 11.2. The molecule has 100 valence electrons. The largest absolute Gasteiger partial charge is 0.478 e. The number of hydrogen-bond acceptors (Lipinski definition) is 3. The number of fused-ring (bicyclic) bond motifs is 1. The van der Waals surface area contributed by atoms with Gasteiger partial charge in [-0.3, -0.25) is 4.98 Å². The van der Waals surface area contributed by atoms with Gasteiger partial charge in [0, 0.05) is 18.1 Å². The van der Waals surface area contributed by atoms with Gasteiger partial charge in [0.1, 0.15) is 5.56 Å². The summed E-state index contributed by atoms with van der Waals surface area (Å²) >= 11 is 0. The van der Waals surface area contributed by atoms with Gasteiger partial charge in [-0.2, -0.15) is 0 Å². The molecule has 0 aliphatic heterocycles. The van der Waals surface area contributed by atoms with Crippen molar-refractivity contribution in [3.05, 3.63) is 36.0 Å². The summed E-state index contributed by atoms with van der Waals surface area (Å²) in [5, 5.41) is 13.4. The monoisotopic (exact) mass is 258 g/mol. The summed E-state index contributed by atoms with van der Waals surface area (Å²) in [6, 6.07) is 7.57. The number of carboxylic acid groups (broad SMARTS) is 1. The molecule has 19 heavy (non-hydrogen) atoms. The van der Waals surface area contributed by atoms with Crippen LogP contribution >= 0.6 is 0 Å². The predicted octanol–water partition coefficient (Wildman–Crippen LogP) is 3.39. The van der Waals surface area contributed by atoms with Crippen LogP contribution in [0.5, 0.6) is 0 Å². The average molecular weight is 258 g/mol. The minimum Gasteiger partial charge on any atom is -0.478 e. The van der Waals surface area contributed by atoms with Gasteiger partial charge in [-0.25, -0.2) is 4.79 Å². The van der Waals surface area contributed by atoms with E-state index in [0.29, 0.717) is 11.6 Å². The Labute approximate surface area is 112 Å². The van der Waals surface area contributed by atoms with Gasteiger partial charge in [-0.05, 0) is 12.0 Å². The number of aromatic nitrogens is 1. The number of pyridine rings is 1. The van der Waals surface area contributed by atoms with E-state index in [1.165, 1.54) is 6.20 Å². The van der Waals surface area contributed by atoms with Crippen LogP contribution in [0.1, 0.15) is 30.6 Å². The number of aromatic carboxylic acids is 1. The number of para-hydroxylation sites is 1. The second-order valence-corrected chi connectivity index (χ2v) is 4.76. The fourth-order valence-electron chi connectivity index (χ4n) is 1.91. The second kappa shape index (κ2) is 5.69. The number of rotatable bonds is 5. The van der Waals surface area contributed by atoms with E-state index in [1.54, 1.807) is 0 Å². The highest BCUT2D eigenvalue weighted by molar-refractivity contribution is 6.04. The number of nitrogens with zero attached hydrogens (tertiary/aromatic N) is 1. The molecule has 2 aromatic rings. The number of benzene rings is 1. The zero-order valence-corrected chi connectivity index (χ0v) is 11.2. The Morgan fingerprint density at radius 2 is 2.16 bits per heavy atom. The summed E-state index contributed by atoms with van der Waals surface area (Å²) in [6.45, 7) is 5.01. The Balaban J connectivity index is 2.46. The van der Waals surface area contributed by atoms with Crippen molar-refractivity contribution in [1.29, 1.82) is 0 Å². The van der Waals surface area contributed by atoms with Crippen molar-refractivity contribution < 1.29 is 9.90 Å². The number of carboxylic acids is 1. The first-order valence-electron chi connectivity index (χ1n) is 6.48. The quantitative estimate of drug-likeness (QED) is 0.863. The lowest BCUT2D eigenvalue weighted by atomic mass is 10.1. The fourth-order valence-corrected chi connectivity index (χ4v) is 1.91. The van der Waals surface area contributed by atoms with E-state index in [1.807, 2.05) is 24.3 Å². The molecule has 0 saturated heterocycles. The highest BCUT2D eigenvalue weighted by Crippen LogP contribution is 2.26. The average Bonchev–Trinajstić information content (AvgIpc) is 2.43. The second-order valence-electron chi connectivity index (χ2n) is 4.76. The molecule has 0 radical (unpaired) electrons. The van der Waals surface area contributed by atoms with Crippen molar-refractivity contribution >= 4 is 22.6 Å². The van der Waals surface area contributed by atoms with Gasteiger partial charge in [0.05, 0.1) is 11.2 Å². The lowest BCUT2D eigenvalue weighted by molar-refractivity contribution is 0.0697. The summed E-state index contributed by atoms with van der Waals surface area (Å²) in [6.07, 6.45) is 2.47. The van der Waals surface area contributed by atoms with Gasteiger partial charge in [0.15, 0.2) is 0 Å². The number of nitrogens with one attached hydrogen (secondary N) is 1. The maximum Gasteiger partial charge on any atom is 0.339 e. The van der Waals surface area contributed by atoms with Crippen LogP contribution in [0.25, 0.3) is 10.9 Å². The van der Waals surface area contributed by atoms with Gasteiger partial charge in [0.2, 0.25) is 0 Å². The smallest absolute Gasteiger partial charge is 0.339 e. The molecule has 0 aliphatic carbocycles. The molecule has 0 saturated carbocycles. The van der Waals surface area contributed by atoms with Crippen LogP contribution in [0.3, 0.4) is 0 Å². The highest BCUT2D eigenvalue weighted by atomic mass is 16.4. The standard InChI is InChI=1S/C15H18N2O2/c1-3-10(2)8-17-14-11-6-4-5-7-13(11)16-9-12(14)15(18)19/h4-7,9-10H,3,8H2,1-2H3,(H,16,17)(H,18,19). The topological polar surface area (TPSA) is 62.2 Å². The molecule has 0 aliphatic rings. The van der Waals surface area contributed by atoms with Crippen molar-refractivity contribution in [3.63, 3.8) is 0 Å². The van der Waals surface area contributed by atoms with Gasteiger partial charge >= 0.3 is 5.97 Å². The molecule has 1 heterocycles. The molecule has 4 nitrogen and oxygen atoms in total. The third kappa shape index (κ3) is 2.84. The van der Waals surface area contributed by atoms with Crippen LogP contribution in [-0.2, 0) is 0 Å². The summed E-state index contributed by atoms with van der Waals surface area (Å²) in [5.74, 6) is -0.460. The molecule has 2 N–H and O–H groups in total. The van der Waals surface area contributed by atoms with Gasteiger partial charge in [0.25, 0.3) is 0 Å². The maximum atomic E-state index is 11.3. The molecule has 1 aromatic heterocycles. The minimum absolute atomic E-state index is 0.224. The molecular formula is C15H18N2O2. The summed E-state index contributed by atoms with van der Waals surface area (Å²) < 4.78 is 0. The zero-order chi connectivity index (χ0) is 13.8. The molecule has 2 rings (SSSR count). The highest BCUT2D eigenvalue weighted by Gasteiger charge is 2.14. The number of anilines is 1. The van der Waals surface area contributed by atoms with E-state index < -0.39 is 5.97 Å². The maximum absolute atomic E-state index is 11.3. The Kier molecular flexibility index (Phi) is 4.00. The van der Waals surface area contributed by atoms with Crippen LogP contribution in [0, 0.1) is 5.92 Å². The SMILES string of the molecule is CCC(C)CNc1c(C(=O)O)cnc2ccccc12. The summed E-state index contributed by atoms with van der Waals surface area (Å²) in [7, 11) is 0. The van der Waals surface area contributed by atoms with Crippen molar-refractivity contribution in [3.8, 4) is 0 Å². The predicted molar refractivity (Wildman–Crippen MR) is 76.6 cm³/mol. The molecule has 0 amide bonds. The van der Waals surface area contributed by atoms with E-state index in [-0.39, 0.29) is 5.56 Å². The summed E-state index contributed by atoms with van der Waals surface area (Å²) in [5.41, 5.74) is 1.69. The first kappa shape index (κ1) is 13.3. The van der Waals surface area contributed by atoms with Crippen LogP contribution in [0.15, 0.2) is 30.5 Å². The third-order valence-corrected chi connectivity index (χ3v) is 3.33. The van der Waals surface area contributed by atoms with Crippen LogP contribution < -0.4 is 5.32 Å². The van der Waals surface area contributed by atoms with E-state index in [0.717, 1.165) is 23.9 Å². The Bertz CT molecular complexity index is 596. The third-order valence-electron chi connectivity index (χ3n) is 3.33. The Morgan fingerprint density at radius 1 is 1.42 bits per heavy atom. The van der Waals surface area contributed by atoms with Crippen molar-refractivity contribution in [2.45, 2.75) is 20.3 Å². The number of carbonyl (C=O) groups is 1. The molecule has 4 heteroatoms. The molecule has 0 fully saturated rings. The summed E-state index contributed by atoms with van der Waals surface area (Å²) in [4.78, 5) is 15.5. The van der Waals surface area contributed by atoms with Crippen molar-refractivity contribution in [1.82, 2.24) is 4.98 Å². The Hall–Kier alpha value is -2.10. The minimum atomic E-state index is -0.954. The normalized spacial score (nSPS) is 12.3. The molecule has 0 spiro atoms. The molecule has 1 atom stereocenters. The first-order chi connectivity index (χ1) is 9.13. The van der Waals surface area contributed by atoms with Gasteiger partial charge in [-0.15, -0.1) is 0 Å². The van der Waals surface area contributed by atoms with E-state index in [2.05, 4.69) is 24.1 Å². The van der Waals surface area contributed by atoms with Crippen molar-refractivity contribution in [2.24, 2.45) is 5.92 Å². The van der Waals surface area contributed by atoms with Crippen LogP contribution in [0.4, 0.5) is 5.69 Å². The van der Waals surface area contributed by atoms with Crippen LogP contribution in [0.2, 0.25) is 0 Å².